The Morgan fingerprint density at radius 1 is 1.14 bits per heavy atom. The number of nitrogens with zero attached hydrogens (tertiary/aromatic N) is 5. The molecule has 1 unspecified atom stereocenters. The van der Waals surface area contributed by atoms with Gasteiger partial charge in [-0.1, -0.05) is 13.0 Å². The van der Waals surface area contributed by atoms with Gasteiger partial charge in [0.15, 0.2) is 12.1 Å². The zero-order valence-electron chi connectivity index (χ0n) is 26.2. The van der Waals surface area contributed by atoms with E-state index in [9.17, 15) is 4.79 Å². The Morgan fingerprint density at radius 3 is 2.70 bits per heavy atom. The standard InChI is InChI=1S/C34H44N6O3/c1-6-24-23(21-39(7-2)33(41)43-34(3,4)5)19-35-20-26(24)22-15-16-29-25(18-22)31(38-40(29)30-14-10-11-17-42-30)32-36-27-12-8-9-13-28(27)37-32/h15-16,18-20,30H,6-14,17,21H2,1-5H3,(H,36,37). The van der Waals surface area contributed by atoms with Crippen LogP contribution in [0.1, 0.15) is 95.5 Å². The molecule has 1 aromatic carbocycles. The van der Waals surface area contributed by atoms with Crippen molar-refractivity contribution in [3.63, 3.8) is 0 Å². The number of rotatable bonds is 7. The lowest BCUT2D eigenvalue weighted by atomic mass is 9.95. The van der Waals surface area contributed by atoms with Crippen LogP contribution in [0.4, 0.5) is 4.79 Å². The summed E-state index contributed by atoms with van der Waals surface area (Å²) in [5.41, 5.74) is 8.11. The summed E-state index contributed by atoms with van der Waals surface area (Å²) in [5, 5.41) is 6.19. The van der Waals surface area contributed by atoms with Crippen molar-refractivity contribution in [2.45, 2.75) is 104 Å². The molecule has 9 nitrogen and oxygen atoms in total. The number of ether oxygens (including phenoxy) is 2. The predicted octanol–water partition coefficient (Wildman–Crippen LogP) is 7.39. The average Bonchev–Trinajstić information content (AvgIpc) is 3.60. The lowest BCUT2D eigenvalue weighted by molar-refractivity contribution is -0.0365. The molecule has 0 saturated carbocycles. The van der Waals surface area contributed by atoms with Gasteiger partial charge in [0.2, 0.25) is 0 Å². The molecule has 1 N–H and O–H groups in total. The number of amides is 1. The Labute approximate surface area is 254 Å². The summed E-state index contributed by atoms with van der Waals surface area (Å²) in [4.78, 5) is 27.9. The first-order chi connectivity index (χ1) is 20.8. The fraction of sp³-hybridized carbons (Fsp3) is 0.529. The van der Waals surface area contributed by atoms with Crippen molar-refractivity contribution in [1.82, 2.24) is 29.6 Å². The maximum atomic E-state index is 12.9. The molecule has 1 fully saturated rings. The van der Waals surface area contributed by atoms with Gasteiger partial charge >= 0.3 is 6.09 Å². The molecule has 1 saturated heterocycles. The van der Waals surface area contributed by atoms with Gasteiger partial charge in [-0.3, -0.25) is 4.98 Å². The van der Waals surface area contributed by atoms with Gasteiger partial charge in [0.05, 0.1) is 17.8 Å². The first kappa shape index (κ1) is 29.4. The fourth-order valence-electron chi connectivity index (χ4n) is 6.36. The topological polar surface area (TPSA) is 98.2 Å². The van der Waals surface area contributed by atoms with Crippen LogP contribution in [-0.4, -0.2) is 54.5 Å². The number of imidazole rings is 1. The largest absolute Gasteiger partial charge is 0.444 e. The SMILES string of the molecule is CCc1c(CN(CC)C(=O)OC(C)(C)C)cncc1-c1ccc2c(c1)c(-c1nc3c([nH]1)CCCC3)nn2C1CCCCO1. The molecule has 1 amide bonds. The quantitative estimate of drug-likeness (QED) is 0.243. The van der Waals surface area contributed by atoms with Crippen molar-refractivity contribution in [3.8, 4) is 22.6 Å². The number of nitrogens with one attached hydrogen (secondary N) is 1. The van der Waals surface area contributed by atoms with Crippen LogP contribution in [0.15, 0.2) is 30.6 Å². The molecule has 0 spiro atoms. The minimum atomic E-state index is -0.550. The van der Waals surface area contributed by atoms with E-state index in [0.717, 1.165) is 84.2 Å². The summed E-state index contributed by atoms with van der Waals surface area (Å²) in [6.07, 6.45) is 11.8. The van der Waals surface area contributed by atoms with Crippen LogP contribution < -0.4 is 0 Å². The number of benzene rings is 1. The Kier molecular flexibility index (Phi) is 8.27. The Hall–Kier alpha value is -3.72. The second-order valence-corrected chi connectivity index (χ2v) is 12.7. The summed E-state index contributed by atoms with van der Waals surface area (Å²) in [5.74, 6) is 0.835. The van der Waals surface area contributed by atoms with E-state index in [2.05, 4.69) is 39.8 Å². The maximum Gasteiger partial charge on any atom is 0.410 e. The number of fused-ring (bicyclic) bond motifs is 2. The van der Waals surface area contributed by atoms with Crippen molar-refractivity contribution in [1.29, 1.82) is 0 Å². The smallest absolute Gasteiger partial charge is 0.410 e. The van der Waals surface area contributed by atoms with Crippen LogP contribution in [0.25, 0.3) is 33.5 Å². The van der Waals surface area contributed by atoms with E-state index >= 15 is 0 Å². The molecular formula is C34H44N6O3. The van der Waals surface area contributed by atoms with E-state index < -0.39 is 5.60 Å². The first-order valence-electron chi connectivity index (χ1n) is 15.9. The van der Waals surface area contributed by atoms with Crippen LogP contribution >= 0.6 is 0 Å². The molecule has 1 atom stereocenters. The zero-order chi connectivity index (χ0) is 30.1. The minimum absolute atomic E-state index is 0.0792. The summed E-state index contributed by atoms with van der Waals surface area (Å²) in [7, 11) is 0. The van der Waals surface area contributed by atoms with Crippen LogP contribution in [0.3, 0.4) is 0 Å². The molecule has 2 aliphatic rings. The number of hydrogen-bond donors (Lipinski definition) is 1. The highest BCUT2D eigenvalue weighted by molar-refractivity contribution is 5.95. The number of carbonyl (C=O) groups excluding carboxylic acids is 1. The lowest BCUT2D eigenvalue weighted by Crippen LogP contribution is -2.36. The molecule has 3 aromatic heterocycles. The van der Waals surface area contributed by atoms with Gasteiger partial charge in [-0.15, -0.1) is 0 Å². The first-order valence-corrected chi connectivity index (χ1v) is 15.9. The second kappa shape index (κ2) is 12.1. The summed E-state index contributed by atoms with van der Waals surface area (Å²) >= 11 is 0. The molecule has 4 heterocycles. The van der Waals surface area contributed by atoms with Gasteiger partial charge < -0.3 is 19.4 Å². The number of aromatic amines is 1. The number of aryl methyl sites for hydroxylation is 2. The van der Waals surface area contributed by atoms with Crippen molar-refractivity contribution >= 4 is 17.0 Å². The van der Waals surface area contributed by atoms with Gasteiger partial charge in [-0.2, -0.15) is 5.10 Å². The summed E-state index contributed by atoms with van der Waals surface area (Å²) in [6.45, 7) is 11.6. The molecule has 228 valence electrons. The minimum Gasteiger partial charge on any atom is -0.444 e. The molecule has 1 aliphatic heterocycles. The highest BCUT2D eigenvalue weighted by Gasteiger charge is 2.26. The number of aromatic nitrogens is 5. The van der Waals surface area contributed by atoms with Crippen molar-refractivity contribution < 1.29 is 14.3 Å². The van der Waals surface area contributed by atoms with Crippen molar-refractivity contribution in [2.75, 3.05) is 13.2 Å². The molecule has 9 heteroatoms. The van der Waals surface area contributed by atoms with Crippen LogP contribution in [0.2, 0.25) is 0 Å². The Morgan fingerprint density at radius 2 is 1.98 bits per heavy atom. The third-order valence-electron chi connectivity index (χ3n) is 8.52. The number of H-pyrrole nitrogens is 1. The van der Waals surface area contributed by atoms with Gasteiger partial charge in [0.1, 0.15) is 11.3 Å². The van der Waals surface area contributed by atoms with Crippen LogP contribution in [-0.2, 0) is 35.3 Å². The van der Waals surface area contributed by atoms with E-state index in [1.165, 1.54) is 29.8 Å². The average molecular weight is 585 g/mol. The van der Waals surface area contributed by atoms with E-state index in [0.29, 0.717) is 13.1 Å². The Bertz CT molecular complexity index is 1580. The highest BCUT2D eigenvalue weighted by Crippen LogP contribution is 2.37. The Balaban J connectivity index is 1.42. The van der Waals surface area contributed by atoms with E-state index in [4.69, 9.17) is 19.6 Å². The molecule has 4 aromatic rings. The summed E-state index contributed by atoms with van der Waals surface area (Å²) < 4.78 is 13.9. The van der Waals surface area contributed by atoms with Crippen molar-refractivity contribution in [2.24, 2.45) is 0 Å². The molecular weight excluding hydrogens is 540 g/mol. The summed E-state index contributed by atoms with van der Waals surface area (Å²) in [6, 6.07) is 6.54. The van der Waals surface area contributed by atoms with E-state index in [-0.39, 0.29) is 12.3 Å². The number of carbonyl (C=O) groups is 1. The maximum absolute atomic E-state index is 12.9. The number of pyridine rings is 1. The monoisotopic (exact) mass is 584 g/mol. The molecule has 0 radical (unpaired) electrons. The van der Waals surface area contributed by atoms with Gasteiger partial charge in [-0.25, -0.2) is 14.5 Å². The molecule has 6 rings (SSSR count). The van der Waals surface area contributed by atoms with Gasteiger partial charge in [0, 0.05) is 42.2 Å². The van der Waals surface area contributed by atoms with Gasteiger partial charge in [0.25, 0.3) is 0 Å². The van der Waals surface area contributed by atoms with Crippen LogP contribution in [0, 0.1) is 0 Å². The van der Waals surface area contributed by atoms with Gasteiger partial charge in [-0.05, 0) is 108 Å². The third kappa shape index (κ3) is 6.05. The third-order valence-corrected chi connectivity index (χ3v) is 8.52. The molecule has 1 aliphatic carbocycles. The lowest BCUT2D eigenvalue weighted by Gasteiger charge is -2.27. The normalized spacial score (nSPS) is 17.2. The highest BCUT2D eigenvalue weighted by atomic mass is 16.6. The number of hydrogen-bond acceptors (Lipinski definition) is 6. The zero-order valence-corrected chi connectivity index (χ0v) is 26.2. The van der Waals surface area contributed by atoms with Crippen LogP contribution in [0.5, 0.6) is 0 Å². The predicted molar refractivity (Wildman–Crippen MR) is 168 cm³/mol. The second-order valence-electron chi connectivity index (χ2n) is 12.7. The van der Waals surface area contributed by atoms with Crippen molar-refractivity contribution in [3.05, 3.63) is 53.1 Å². The molecule has 0 bridgehead atoms. The van der Waals surface area contributed by atoms with E-state index in [1.54, 1.807) is 4.90 Å². The fourth-order valence-corrected chi connectivity index (χ4v) is 6.36. The molecule has 43 heavy (non-hydrogen) atoms. The van der Waals surface area contributed by atoms with E-state index in [1.807, 2.05) is 40.1 Å².